The molecule has 0 aliphatic carbocycles. The molecular weight excluding hydrogens is 258 g/mol. The van der Waals surface area contributed by atoms with Gasteiger partial charge in [-0.1, -0.05) is 0 Å². The van der Waals surface area contributed by atoms with Crippen molar-refractivity contribution in [1.82, 2.24) is 0 Å². The molecule has 110 valence electrons. The highest BCUT2D eigenvalue weighted by atomic mass is 16.5. The third-order valence-corrected chi connectivity index (χ3v) is 2.97. The van der Waals surface area contributed by atoms with E-state index < -0.39 is 5.97 Å². The molecule has 0 radical (unpaired) electrons. The maximum absolute atomic E-state index is 11.6. The Bertz CT molecular complexity index is 501. The van der Waals surface area contributed by atoms with E-state index in [1.165, 1.54) is 7.11 Å². The second-order valence-corrected chi connectivity index (χ2v) is 4.60. The number of anilines is 2. The summed E-state index contributed by atoms with van der Waals surface area (Å²) in [5.41, 5.74) is 13.3. The number of carbonyl (C=O) groups is 2. The van der Waals surface area contributed by atoms with Crippen LogP contribution in [-0.4, -0.2) is 25.5 Å². The lowest BCUT2D eigenvalue weighted by molar-refractivity contribution is -0.118. The monoisotopic (exact) mass is 279 g/mol. The summed E-state index contributed by atoms with van der Waals surface area (Å²) in [4.78, 5) is 22.2. The molecule has 1 aromatic carbocycles. The number of primary amides is 1. The first kappa shape index (κ1) is 15.8. The molecule has 1 rings (SSSR count). The largest absolute Gasteiger partial charge is 0.465 e. The molecule has 0 unspecified atom stereocenters. The van der Waals surface area contributed by atoms with E-state index >= 15 is 0 Å². The molecule has 0 fully saturated rings. The molecule has 20 heavy (non-hydrogen) atoms. The Morgan fingerprint density at radius 3 is 2.60 bits per heavy atom. The smallest absolute Gasteiger partial charge is 0.340 e. The number of carbonyl (C=O) groups excluding carboxylic acids is 2. The molecule has 0 aliphatic heterocycles. The summed E-state index contributed by atoms with van der Waals surface area (Å²) in [6.07, 6.45) is 1.94. The zero-order valence-electron chi connectivity index (χ0n) is 11.9. The standard InChI is InChI=1S/C14H21N3O3/c1-9-7-10(17-6-4-3-5-12(15)18)8-11(13(9)16)14(19)20-2/h7-8,17H,3-6,16H2,1-2H3,(H2,15,18). The topological polar surface area (TPSA) is 107 Å². The second-order valence-electron chi connectivity index (χ2n) is 4.60. The predicted octanol–water partition coefficient (Wildman–Crippen LogP) is 1.43. The molecule has 0 saturated heterocycles. The lowest BCUT2D eigenvalue weighted by atomic mass is 10.1. The van der Waals surface area contributed by atoms with Crippen LogP contribution in [0.15, 0.2) is 12.1 Å². The summed E-state index contributed by atoms with van der Waals surface area (Å²) in [5.74, 6) is -0.746. The van der Waals surface area contributed by atoms with E-state index in [4.69, 9.17) is 16.2 Å². The summed E-state index contributed by atoms with van der Waals surface area (Å²) in [6, 6.07) is 3.54. The fourth-order valence-corrected chi connectivity index (χ4v) is 1.84. The highest BCUT2D eigenvalue weighted by Gasteiger charge is 2.13. The number of aryl methyl sites for hydroxylation is 1. The quantitative estimate of drug-likeness (QED) is 0.397. The summed E-state index contributed by atoms with van der Waals surface area (Å²) in [7, 11) is 1.32. The number of amides is 1. The predicted molar refractivity (Wildman–Crippen MR) is 78.5 cm³/mol. The third-order valence-electron chi connectivity index (χ3n) is 2.97. The fourth-order valence-electron chi connectivity index (χ4n) is 1.84. The van der Waals surface area contributed by atoms with Gasteiger partial charge in [-0.3, -0.25) is 4.79 Å². The molecular formula is C14H21N3O3. The van der Waals surface area contributed by atoms with E-state index in [1.54, 1.807) is 6.07 Å². The molecule has 0 aromatic heterocycles. The number of ether oxygens (including phenoxy) is 1. The van der Waals surface area contributed by atoms with Gasteiger partial charge in [0, 0.05) is 24.3 Å². The van der Waals surface area contributed by atoms with Gasteiger partial charge in [0.1, 0.15) is 0 Å². The molecule has 0 saturated carbocycles. The first-order valence-electron chi connectivity index (χ1n) is 6.46. The van der Waals surface area contributed by atoms with Crippen molar-refractivity contribution in [3.05, 3.63) is 23.3 Å². The first-order chi connectivity index (χ1) is 9.45. The number of nitrogens with one attached hydrogen (secondary N) is 1. The van der Waals surface area contributed by atoms with E-state index in [0.29, 0.717) is 24.2 Å². The average Bonchev–Trinajstić information content (AvgIpc) is 2.40. The lowest BCUT2D eigenvalue weighted by Gasteiger charge is -2.12. The number of esters is 1. The number of hydrogen-bond acceptors (Lipinski definition) is 5. The molecule has 5 N–H and O–H groups in total. The normalized spacial score (nSPS) is 10.1. The van der Waals surface area contributed by atoms with Crippen molar-refractivity contribution in [1.29, 1.82) is 0 Å². The first-order valence-corrected chi connectivity index (χ1v) is 6.46. The van der Waals surface area contributed by atoms with Crippen LogP contribution in [0.2, 0.25) is 0 Å². The summed E-state index contributed by atoms with van der Waals surface area (Å²) in [6.45, 7) is 2.53. The highest BCUT2D eigenvalue weighted by Crippen LogP contribution is 2.23. The van der Waals surface area contributed by atoms with E-state index in [2.05, 4.69) is 5.32 Å². The van der Waals surface area contributed by atoms with Crippen LogP contribution in [-0.2, 0) is 9.53 Å². The molecule has 6 nitrogen and oxygen atoms in total. The fraction of sp³-hybridized carbons (Fsp3) is 0.429. The Balaban J connectivity index is 2.65. The molecule has 6 heteroatoms. The minimum absolute atomic E-state index is 0.290. The van der Waals surface area contributed by atoms with Crippen molar-refractivity contribution in [3.63, 3.8) is 0 Å². The molecule has 0 atom stereocenters. The molecule has 0 aliphatic rings. The number of nitrogen functional groups attached to an aromatic ring is 1. The SMILES string of the molecule is COC(=O)c1cc(NCCCCC(N)=O)cc(C)c1N. The van der Waals surface area contributed by atoms with Gasteiger partial charge in [0.15, 0.2) is 0 Å². The summed E-state index contributed by atoms with van der Waals surface area (Å²) >= 11 is 0. The Kier molecular flexibility index (Phi) is 5.83. The van der Waals surface area contributed by atoms with Crippen LogP contribution in [0.4, 0.5) is 11.4 Å². The van der Waals surface area contributed by atoms with E-state index in [0.717, 1.165) is 24.1 Å². The van der Waals surface area contributed by atoms with Gasteiger partial charge in [-0.05, 0) is 37.5 Å². The van der Waals surface area contributed by atoms with Gasteiger partial charge >= 0.3 is 5.97 Å². The molecule has 1 amide bonds. The second kappa shape index (κ2) is 7.37. The van der Waals surface area contributed by atoms with Crippen LogP contribution in [0.3, 0.4) is 0 Å². The maximum Gasteiger partial charge on any atom is 0.340 e. The van der Waals surface area contributed by atoms with Crippen molar-refractivity contribution in [3.8, 4) is 0 Å². The zero-order valence-corrected chi connectivity index (χ0v) is 11.9. The van der Waals surface area contributed by atoms with Crippen LogP contribution in [0.5, 0.6) is 0 Å². The van der Waals surface area contributed by atoms with Gasteiger partial charge in [-0.15, -0.1) is 0 Å². The van der Waals surface area contributed by atoms with Gasteiger partial charge in [0.2, 0.25) is 5.91 Å². The lowest BCUT2D eigenvalue weighted by Crippen LogP contribution is -2.11. The van der Waals surface area contributed by atoms with Gasteiger partial charge in [0.05, 0.1) is 12.7 Å². The number of hydrogen-bond donors (Lipinski definition) is 3. The molecule has 0 bridgehead atoms. The van der Waals surface area contributed by atoms with Crippen LogP contribution in [0, 0.1) is 6.92 Å². The van der Waals surface area contributed by atoms with Crippen LogP contribution >= 0.6 is 0 Å². The van der Waals surface area contributed by atoms with Gasteiger partial charge < -0.3 is 21.5 Å². The average molecular weight is 279 g/mol. The maximum atomic E-state index is 11.6. The number of methoxy groups -OCH3 is 1. The van der Waals surface area contributed by atoms with E-state index in [-0.39, 0.29) is 5.91 Å². The van der Waals surface area contributed by atoms with Crippen LogP contribution < -0.4 is 16.8 Å². The number of benzene rings is 1. The molecule has 0 spiro atoms. The zero-order chi connectivity index (χ0) is 15.1. The third kappa shape index (κ3) is 4.46. The van der Waals surface area contributed by atoms with Gasteiger partial charge in [-0.2, -0.15) is 0 Å². The molecule has 0 heterocycles. The minimum Gasteiger partial charge on any atom is -0.465 e. The number of nitrogens with two attached hydrogens (primary N) is 2. The van der Waals surface area contributed by atoms with Crippen molar-refractivity contribution in [2.45, 2.75) is 26.2 Å². The summed E-state index contributed by atoms with van der Waals surface area (Å²) < 4.78 is 4.70. The number of unbranched alkanes of at least 4 members (excludes halogenated alkanes) is 1. The van der Waals surface area contributed by atoms with Gasteiger partial charge in [0.25, 0.3) is 0 Å². The van der Waals surface area contributed by atoms with Crippen molar-refractivity contribution in [2.24, 2.45) is 5.73 Å². The van der Waals surface area contributed by atoms with Crippen molar-refractivity contribution in [2.75, 3.05) is 24.7 Å². The van der Waals surface area contributed by atoms with Gasteiger partial charge in [-0.25, -0.2) is 4.79 Å². The minimum atomic E-state index is -0.456. The van der Waals surface area contributed by atoms with Crippen molar-refractivity contribution < 1.29 is 14.3 Å². The van der Waals surface area contributed by atoms with E-state index in [1.807, 2.05) is 13.0 Å². The molecule has 1 aromatic rings. The Hall–Kier alpha value is -2.24. The number of rotatable bonds is 7. The van der Waals surface area contributed by atoms with Crippen LogP contribution in [0.25, 0.3) is 0 Å². The van der Waals surface area contributed by atoms with Crippen molar-refractivity contribution >= 4 is 23.3 Å². The van der Waals surface area contributed by atoms with E-state index in [9.17, 15) is 9.59 Å². The Morgan fingerprint density at radius 2 is 2.00 bits per heavy atom. The Labute approximate surface area is 118 Å². The summed E-state index contributed by atoms with van der Waals surface area (Å²) in [5, 5.41) is 3.19. The highest BCUT2D eigenvalue weighted by molar-refractivity contribution is 5.97. The van der Waals surface area contributed by atoms with Crippen LogP contribution in [0.1, 0.15) is 35.2 Å². The Morgan fingerprint density at radius 1 is 1.30 bits per heavy atom.